The van der Waals surface area contributed by atoms with Crippen molar-refractivity contribution in [3.63, 3.8) is 0 Å². The molecule has 3 amide bonds. The summed E-state index contributed by atoms with van der Waals surface area (Å²) in [6.45, 7) is 11.9. The highest BCUT2D eigenvalue weighted by Crippen LogP contribution is 2.35. The van der Waals surface area contributed by atoms with Crippen molar-refractivity contribution in [3.8, 4) is 28.7 Å². The number of carbonyl (C=O) groups is 2. The van der Waals surface area contributed by atoms with Gasteiger partial charge in [-0.15, -0.1) is 0 Å². The Hall–Kier alpha value is -3.71. The van der Waals surface area contributed by atoms with Crippen LogP contribution in [0.25, 0.3) is 0 Å². The number of ether oxygens (including phenoxy) is 4. The summed E-state index contributed by atoms with van der Waals surface area (Å²) >= 11 is 2.31. The molecule has 0 saturated carbocycles. The van der Waals surface area contributed by atoms with Gasteiger partial charge in [0.15, 0.2) is 23.0 Å². The number of nitrogens with one attached hydrogen (secondary N) is 3. The molecule has 2 atom stereocenters. The summed E-state index contributed by atoms with van der Waals surface area (Å²) in [6, 6.07) is 17.4. The van der Waals surface area contributed by atoms with E-state index in [1.807, 2.05) is 19.9 Å². The number of methoxy groups -OCH3 is 1. The van der Waals surface area contributed by atoms with E-state index >= 15 is 0 Å². The van der Waals surface area contributed by atoms with Gasteiger partial charge in [0.1, 0.15) is 11.9 Å². The van der Waals surface area contributed by atoms with Gasteiger partial charge in [-0.05, 0) is 93.7 Å². The summed E-state index contributed by atoms with van der Waals surface area (Å²) in [4.78, 5) is 28.2. The molecule has 1 fully saturated rings. The van der Waals surface area contributed by atoms with Gasteiger partial charge in [-0.2, -0.15) is 0 Å². The van der Waals surface area contributed by atoms with Crippen LogP contribution in [0.4, 0.5) is 16.2 Å². The van der Waals surface area contributed by atoms with Crippen LogP contribution in [0, 0.1) is 0 Å². The van der Waals surface area contributed by atoms with Crippen LogP contribution in [0.15, 0.2) is 60.7 Å². The Labute approximate surface area is 298 Å². The zero-order chi connectivity index (χ0) is 34.5. The third kappa shape index (κ3) is 10.9. The number of alkyl halides is 1. The quantitative estimate of drug-likeness (QED) is 0.0990. The van der Waals surface area contributed by atoms with Crippen LogP contribution >= 0.6 is 22.6 Å². The lowest BCUT2D eigenvalue weighted by molar-refractivity contribution is 0.0971. The largest absolute Gasteiger partial charge is 0.493 e. The van der Waals surface area contributed by atoms with E-state index in [-0.39, 0.29) is 24.1 Å². The summed E-state index contributed by atoms with van der Waals surface area (Å²) < 4.78 is 24.1. The fourth-order valence-electron chi connectivity index (χ4n) is 5.47. The maximum Gasteiger partial charge on any atom is 0.319 e. The van der Waals surface area contributed by atoms with E-state index in [0.717, 1.165) is 38.9 Å². The summed E-state index contributed by atoms with van der Waals surface area (Å²) in [5, 5.41) is 8.82. The number of halogens is 1. The molecule has 1 aliphatic rings. The molecule has 11 heteroatoms. The highest BCUT2D eigenvalue weighted by atomic mass is 127. The lowest BCUT2D eigenvalue weighted by atomic mass is 10.1. The van der Waals surface area contributed by atoms with Crippen LogP contribution in [0.1, 0.15) is 70.2 Å². The maximum absolute atomic E-state index is 13.1. The fourth-order valence-corrected chi connectivity index (χ4v) is 6.16. The van der Waals surface area contributed by atoms with E-state index in [4.69, 9.17) is 18.9 Å². The molecule has 3 aromatic rings. The predicted octanol–water partition coefficient (Wildman–Crippen LogP) is 8.51. The molecule has 0 radical (unpaired) electrons. The van der Waals surface area contributed by atoms with Crippen LogP contribution < -0.4 is 34.9 Å². The number of carbonyl (C=O) groups excluding carboxylic acids is 2. The van der Waals surface area contributed by atoms with Crippen molar-refractivity contribution in [2.24, 2.45) is 0 Å². The van der Waals surface area contributed by atoms with Gasteiger partial charge in [0.05, 0.1) is 13.7 Å². The Bertz CT molecular complexity index is 1480. The van der Waals surface area contributed by atoms with Crippen molar-refractivity contribution < 1.29 is 28.5 Å². The predicted molar refractivity (Wildman–Crippen MR) is 200 cm³/mol. The number of amides is 3. The van der Waals surface area contributed by atoms with Crippen LogP contribution in [0.2, 0.25) is 0 Å². The van der Waals surface area contributed by atoms with Gasteiger partial charge in [-0.3, -0.25) is 4.79 Å². The Kier molecular flexibility index (Phi) is 14.5. The Morgan fingerprint density at radius 3 is 2.25 bits per heavy atom. The highest BCUT2D eigenvalue weighted by molar-refractivity contribution is 14.1. The second-order valence-corrected chi connectivity index (χ2v) is 13.8. The van der Waals surface area contributed by atoms with Gasteiger partial charge in [-0.1, -0.05) is 49.8 Å². The first-order valence-corrected chi connectivity index (χ1v) is 18.1. The van der Waals surface area contributed by atoms with Gasteiger partial charge < -0.3 is 39.8 Å². The zero-order valence-electron chi connectivity index (χ0n) is 28.6. The van der Waals surface area contributed by atoms with Crippen LogP contribution in [0.3, 0.4) is 0 Å². The van der Waals surface area contributed by atoms with E-state index < -0.39 is 0 Å². The monoisotopic (exact) mass is 772 g/mol. The molecule has 48 heavy (non-hydrogen) atoms. The van der Waals surface area contributed by atoms with Crippen molar-refractivity contribution in [1.29, 1.82) is 0 Å². The van der Waals surface area contributed by atoms with Crippen molar-refractivity contribution in [1.82, 2.24) is 10.2 Å². The smallest absolute Gasteiger partial charge is 0.319 e. The average molecular weight is 773 g/mol. The Balaban J connectivity index is 1.34. The first kappa shape index (κ1) is 37.1. The number of unbranched alkanes of at least 4 members (excludes halogenated alkanes) is 1. The molecule has 0 bridgehead atoms. The van der Waals surface area contributed by atoms with E-state index in [1.165, 1.54) is 12.8 Å². The molecule has 10 nitrogen and oxygen atoms in total. The lowest BCUT2D eigenvalue weighted by Crippen LogP contribution is -2.41. The third-order valence-electron chi connectivity index (χ3n) is 8.23. The third-order valence-corrected chi connectivity index (χ3v) is 9.10. The average Bonchev–Trinajstić information content (AvgIpc) is 3.09. The van der Waals surface area contributed by atoms with E-state index in [2.05, 4.69) is 57.3 Å². The summed E-state index contributed by atoms with van der Waals surface area (Å²) in [5.41, 5.74) is 1.67. The molecule has 260 valence electrons. The molecule has 1 heterocycles. The molecular formula is C37H49IN4O6. The summed E-state index contributed by atoms with van der Waals surface area (Å²) in [6.07, 6.45) is 5.35. The number of hydrogen-bond donors (Lipinski definition) is 3. The molecule has 2 unspecified atom stereocenters. The lowest BCUT2D eigenvalue weighted by Gasteiger charge is -2.32. The molecule has 1 saturated heterocycles. The van der Waals surface area contributed by atoms with E-state index in [1.54, 1.807) is 61.7 Å². The van der Waals surface area contributed by atoms with Crippen molar-refractivity contribution in [2.75, 3.05) is 44.0 Å². The van der Waals surface area contributed by atoms with E-state index in [9.17, 15) is 9.59 Å². The van der Waals surface area contributed by atoms with Crippen molar-refractivity contribution >= 4 is 45.9 Å². The maximum atomic E-state index is 13.1. The summed E-state index contributed by atoms with van der Waals surface area (Å²) in [7, 11) is 1.59. The first-order chi connectivity index (χ1) is 23.2. The zero-order valence-corrected chi connectivity index (χ0v) is 30.8. The minimum Gasteiger partial charge on any atom is -0.493 e. The van der Waals surface area contributed by atoms with Crippen molar-refractivity contribution in [3.05, 3.63) is 66.2 Å². The molecule has 0 aliphatic carbocycles. The van der Waals surface area contributed by atoms with Gasteiger partial charge in [0.2, 0.25) is 0 Å². The number of anilines is 2. The van der Waals surface area contributed by atoms with Crippen LogP contribution in [-0.4, -0.2) is 66.3 Å². The van der Waals surface area contributed by atoms with Gasteiger partial charge in [0.25, 0.3) is 5.91 Å². The number of nitrogens with zero attached hydrogens (tertiary/aromatic N) is 1. The molecular weight excluding hydrogens is 723 g/mol. The SMILES string of the molecule is CCCCN1CCC(Oc2ccc(C(=O)Nc3ccc(Oc4ccc(NC(=O)NC(CC)C(C)I)cc4OCC)cc3)cc2OC)CC1. The Morgan fingerprint density at radius 2 is 1.60 bits per heavy atom. The standard InChI is InChI=1S/C37H49IN4O6/c1-6-9-20-42-21-18-30(19-22-42)48-32-16-10-26(23-34(32)45-5)36(43)39-27-11-14-29(15-12-27)47-33-17-13-28(24-35(33)46-8-3)40-37(44)41-31(7-2)25(4)38/h10-17,23-25,30-31H,6-9,18-22H2,1-5H3,(H,39,43)(H2,40,41,44). The molecule has 3 N–H and O–H groups in total. The van der Waals surface area contributed by atoms with Crippen LogP contribution in [0.5, 0.6) is 28.7 Å². The van der Waals surface area contributed by atoms with Crippen LogP contribution in [-0.2, 0) is 0 Å². The normalized spacial score (nSPS) is 14.8. The number of benzene rings is 3. The van der Waals surface area contributed by atoms with Crippen molar-refractivity contribution in [2.45, 2.75) is 75.9 Å². The van der Waals surface area contributed by atoms with Gasteiger partial charge in [0, 0.05) is 46.1 Å². The minimum atomic E-state index is -0.268. The second kappa shape index (κ2) is 18.7. The molecule has 0 aromatic heterocycles. The number of piperidine rings is 1. The number of likely N-dealkylation sites (tertiary alicyclic amines) is 1. The topological polar surface area (TPSA) is 110 Å². The molecule has 4 rings (SSSR count). The number of urea groups is 1. The fraction of sp³-hybridized carbons (Fsp3) is 0.459. The number of rotatable bonds is 16. The second-order valence-electron chi connectivity index (χ2n) is 11.8. The number of hydrogen-bond acceptors (Lipinski definition) is 7. The molecule has 0 spiro atoms. The van der Waals surface area contributed by atoms with E-state index in [0.29, 0.717) is 56.2 Å². The van der Waals surface area contributed by atoms with Gasteiger partial charge in [-0.25, -0.2) is 4.79 Å². The summed E-state index contributed by atoms with van der Waals surface area (Å²) in [5.74, 6) is 2.49. The molecule has 3 aromatic carbocycles. The Morgan fingerprint density at radius 1 is 0.896 bits per heavy atom. The first-order valence-electron chi connectivity index (χ1n) is 16.9. The minimum absolute atomic E-state index is 0.0728. The molecule has 1 aliphatic heterocycles. The van der Waals surface area contributed by atoms with Gasteiger partial charge >= 0.3 is 6.03 Å². The highest BCUT2D eigenvalue weighted by Gasteiger charge is 2.22.